The number of carbonyl (C=O) groups is 1. The third-order valence-corrected chi connectivity index (χ3v) is 0.930. The summed E-state index contributed by atoms with van der Waals surface area (Å²) in [6, 6.07) is 0. The van der Waals surface area contributed by atoms with E-state index in [2.05, 4.69) is 9.47 Å². The van der Waals surface area contributed by atoms with Crippen LogP contribution in [0.15, 0.2) is 0 Å². The fourth-order valence-corrected chi connectivity index (χ4v) is 0.538. The van der Waals surface area contributed by atoms with Gasteiger partial charge in [0.15, 0.2) is 0 Å². The molecule has 0 amide bonds. The standard InChI is InChI=1S/C4H5ClO3/c1-4(5)2-7-3(6)8-4/h2H2,1H3. The van der Waals surface area contributed by atoms with Gasteiger partial charge in [-0.25, -0.2) is 4.79 Å². The maximum atomic E-state index is 10.1. The van der Waals surface area contributed by atoms with E-state index in [9.17, 15) is 4.79 Å². The van der Waals surface area contributed by atoms with Crippen molar-refractivity contribution in [3.05, 3.63) is 0 Å². The minimum Gasteiger partial charge on any atom is -0.429 e. The molecule has 0 aliphatic carbocycles. The third kappa shape index (κ3) is 1.04. The lowest BCUT2D eigenvalue weighted by molar-refractivity contribution is 0.112. The lowest BCUT2D eigenvalue weighted by Gasteiger charge is -2.06. The molecule has 0 saturated carbocycles. The van der Waals surface area contributed by atoms with Gasteiger partial charge in [0.1, 0.15) is 6.61 Å². The Morgan fingerprint density at radius 1 is 1.88 bits per heavy atom. The summed E-state index contributed by atoms with van der Waals surface area (Å²) in [5.74, 6) is 0. The highest BCUT2D eigenvalue weighted by molar-refractivity contribution is 6.23. The van der Waals surface area contributed by atoms with Gasteiger partial charge in [0.2, 0.25) is 5.06 Å². The fraction of sp³-hybridized carbons (Fsp3) is 0.750. The molecule has 1 unspecified atom stereocenters. The molecule has 1 aliphatic heterocycles. The van der Waals surface area contributed by atoms with Crippen LogP contribution in [0.5, 0.6) is 0 Å². The number of hydrogen-bond donors (Lipinski definition) is 0. The van der Waals surface area contributed by atoms with Gasteiger partial charge in [-0.05, 0) is 6.92 Å². The van der Waals surface area contributed by atoms with Crippen molar-refractivity contribution in [2.45, 2.75) is 12.0 Å². The summed E-state index contributed by atoms with van der Waals surface area (Å²) in [6.45, 7) is 1.70. The van der Waals surface area contributed by atoms with Crippen LogP contribution in [0.4, 0.5) is 4.79 Å². The van der Waals surface area contributed by atoms with Crippen LogP contribution in [0.2, 0.25) is 0 Å². The van der Waals surface area contributed by atoms with Crippen LogP contribution in [0.25, 0.3) is 0 Å². The Kier molecular flexibility index (Phi) is 1.08. The molecule has 1 atom stereocenters. The quantitative estimate of drug-likeness (QED) is 0.370. The molecule has 0 N–H and O–H groups in total. The highest BCUT2D eigenvalue weighted by Gasteiger charge is 2.35. The Bertz CT molecular complexity index is 120. The van der Waals surface area contributed by atoms with E-state index >= 15 is 0 Å². The molecule has 0 aromatic carbocycles. The smallest absolute Gasteiger partial charge is 0.429 e. The largest absolute Gasteiger partial charge is 0.510 e. The zero-order valence-corrected chi connectivity index (χ0v) is 5.07. The van der Waals surface area contributed by atoms with Crippen LogP contribution in [0, 0.1) is 0 Å². The van der Waals surface area contributed by atoms with E-state index in [0.717, 1.165) is 0 Å². The summed E-state index contributed by atoms with van der Waals surface area (Å²) in [7, 11) is 0. The van der Waals surface area contributed by atoms with Gasteiger partial charge >= 0.3 is 6.16 Å². The minimum absolute atomic E-state index is 0.132. The van der Waals surface area contributed by atoms with Gasteiger partial charge < -0.3 is 9.47 Å². The maximum Gasteiger partial charge on any atom is 0.510 e. The van der Waals surface area contributed by atoms with Crippen molar-refractivity contribution >= 4 is 17.8 Å². The summed E-state index contributed by atoms with van der Waals surface area (Å²) in [5.41, 5.74) is 0. The molecule has 0 radical (unpaired) electrons. The first-order valence-corrected chi connectivity index (χ1v) is 2.53. The van der Waals surface area contributed by atoms with Crippen LogP contribution in [-0.2, 0) is 9.47 Å². The molecule has 3 nitrogen and oxygen atoms in total. The molecule has 8 heavy (non-hydrogen) atoms. The van der Waals surface area contributed by atoms with Gasteiger partial charge in [-0.3, -0.25) is 0 Å². The van der Waals surface area contributed by atoms with Crippen LogP contribution in [-0.4, -0.2) is 17.8 Å². The van der Waals surface area contributed by atoms with Gasteiger partial charge in [0.05, 0.1) is 0 Å². The molecule has 1 heterocycles. The van der Waals surface area contributed by atoms with Crippen LogP contribution in [0.1, 0.15) is 6.92 Å². The fourth-order valence-electron chi connectivity index (χ4n) is 0.421. The second-order valence-electron chi connectivity index (χ2n) is 1.74. The molecule has 1 rings (SSSR count). The van der Waals surface area contributed by atoms with E-state index in [4.69, 9.17) is 11.6 Å². The number of cyclic esters (lactones) is 2. The zero-order chi connectivity index (χ0) is 6.20. The second-order valence-corrected chi connectivity index (χ2v) is 2.54. The highest BCUT2D eigenvalue weighted by atomic mass is 35.5. The van der Waals surface area contributed by atoms with Crippen molar-refractivity contribution in [3.63, 3.8) is 0 Å². The van der Waals surface area contributed by atoms with Gasteiger partial charge in [-0.1, -0.05) is 11.6 Å². The van der Waals surface area contributed by atoms with Crippen molar-refractivity contribution in [2.75, 3.05) is 6.61 Å². The van der Waals surface area contributed by atoms with Crippen molar-refractivity contribution < 1.29 is 14.3 Å². The van der Waals surface area contributed by atoms with E-state index < -0.39 is 11.2 Å². The number of ether oxygens (including phenoxy) is 2. The Balaban J connectivity index is 2.56. The van der Waals surface area contributed by atoms with Crippen LogP contribution < -0.4 is 0 Å². The minimum atomic E-state index is -0.933. The molecule has 4 heteroatoms. The zero-order valence-electron chi connectivity index (χ0n) is 4.31. The molecule has 0 aromatic heterocycles. The predicted molar refractivity (Wildman–Crippen MR) is 26.7 cm³/mol. The SMILES string of the molecule is CC1(Cl)COC(=O)O1. The number of rotatable bonds is 0. The van der Waals surface area contributed by atoms with Gasteiger partial charge in [-0.2, -0.15) is 0 Å². The lowest BCUT2D eigenvalue weighted by atomic mass is 10.4. The number of alkyl halides is 1. The molecular weight excluding hydrogens is 131 g/mol. The Morgan fingerprint density at radius 2 is 2.50 bits per heavy atom. The maximum absolute atomic E-state index is 10.1. The first-order chi connectivity index (χ1) is 3.60. The van der Waals surface area contributed by atoms with Crippen molar-refractivity contribution in [1.29, 1.82) is 0 Å². The average molecular weight is 137 g/mol. The number of carbonyl (C=O) groups excluding carboxylic acids is 1. The molecule has 46 valence electrons. The van der Waals surface area contributed by atoms with Crippen molar-refractivity contribution in [3.8, 4) is 0 Å². The van der Waals surface area contributed by atoms with E-state index in [0.29, 0.717) is 0 Å². The molecule has 1 aliphatic rings. The first-order valence-electron chi connectivity index (χ1n) is 2.15. The van der Waals surface area contributed by atoms with Crippen molar-refractivity contribution in [2.24, 2.45) is 0 Å². The molecule has 0 spiro atoms. The van der Waals surface area contributed by atoms with Gasteiger partial charge in [0, 0.05) is 0 Å². The summed E-state index contributed by atoms with van der Waals surface area (Å²) < 4.78 is 8.83. The Morgan fingerprint density at radius 3 is 2.62 bits per heavy atom. The molecule has 1 saturated heterocycles. The third-order valence-electron chi connectivity index (χ3n) is 0.744. The number of halogens is 1. The second kappa shape index (κ2) is 1.52. The predicted octanol–water partition coefficient (Wildman–Crippen LogP) is 1.11. The summed E-state index contributed by atoms with van der Waals surface area (Å²) in [4.78, 5) is 10.1. The Hall–Kier alpha value is -0.440. The Labute approximate surface area is 51.5 Å². The summed E-state index contributed by atoms with van der Waals surface area (Å²) in [5, 5.41) is -0.933. The van der Waals surface area contributed by atoms with Gasteiger partial charge in [-0.15, -0.1) is 0 Å². The van der Waals surface area contributed by atoms with E-state index in [1.54, 1.807) is 6.92 Å². The topological polar surface area (TPSA) is 35.5 Å². The summed E-state index contributed by atoms with van der Waals surface area (Å²) >= 11 is 5.49. The van der Waals surface area contributed by atoms with Gasteiger partial charge in [0.25, 0.3) is 0 Å². The van der Waals surface area contributed by atoms with Crippen LogP contribution >= 0.6 is 11.6 Å². The van der Waals surface area contributed by atoms with Crippen molar-refractivity contribution in [1.82, 2.24) is 0 Å². The van der Waals surface area contributed by atoms with E-state index in [-0.39, 0.29) is 6.61 Å². The van der Waals surface area contributed by atoms with E-state index in [1.165, 1.54) is 0 Å². The number of hydrogen-bond acceptors (Lipinski definition) is 3. The molecular formula is C4H5ClO3. The highest BCUT2D eigenvalue weighted by Crippen LogP contribution is 2.22. The van der Waals surface area contributed by atoms with E-state index in [1.807, 2.05) is 0 Å². The molecule has 1 fully saturated rings. The first kappa shape index (κ1) is 5.69. The normalized spacial score (nSPS) is 36.5. The van der Waals surface area contributed by atoms with Crippen LogP contribution in [0.3, 0.4) is 0 Å². The average Bonchev–Trinajstić information content (AvgIpc) is 1.82. The lowest BCUT2D eigenvalue weighted by Crippen LogP contribution is -2.17. The monoisotopic (exact) mass is 136 g/mol. The molecule has 0 bridgehead atoms. The summed E-state index contributed by atoms with van der Waals surface area (Å²) in [6.07, 6.45) is -0.692. The molecule has 0 aromatic rings.